The van der Waals surface area contributed by atoms with E-state index in [0.717, 1.165) is 26.1 Å². The van der Waals surface area contributed by atoms with E-state index < -0.39 is 5.43 Å². The summed E-state index contributed by atoms with van der Waals surface area (Å²) in [6.45, 7) is 5.04. The third kappa shape index (κ3) is 3.64. The van der Waals surface area contributed by atoms with E-state index in [1.54, 1.807) is 7.11 Å². The molecule has 1 N–H and O–H groups in total. The van der Waals surface area contributed by atoms with E-state index in [2.05, 4.69) is 16.3 Å². The highest BCUT2D eigenvalue weighted by molar-refractivity contribution is 5.75. The molecule has 1 aliphatic heterocycles. The lowest BCUT2D eigenvalue weighted by Gasteiger charge is -2.36. The highest BCUT2D eigenvalue weighted by Crippen LogP contribution is 2.21. The highest BCUT2D eigenvalue weighted by atomic mass is 16.5. The summed E-state index contributed by atoms with van der Waals surface area (Å²) >= 11 is 0. The number of rotatable bonds is 8. The second-order valence-corrected chi connectivity index (χ2v) is 5.39. The average molecular weight is 306 g/mol. The van der Waals surface area contributed by atoms with E-state index in [1.165, 1.54) is 0 Å². The van der Waals surface area contributed by atoms with E-state index in [1.807, 2.05) is 4.90 Å². The zero-order chi connectivity index (χ0) is 15.9. The van der Waals surface area contributed by atoms with Gasteiger partial charge in [-0.1, -0.05) is 0 Å². The molecule has 0 amide bonds. The Bertz CT molecular complexity index is 593. The van der Waals surface area contributed by atoms with E-state index in [4.69, 9.17) is 10.00 Å². The summed E-state index contributed by atoms with van der Waals surface area (Å²) in [6, 6.07) is 2.14. The van der Waals surface area contributed by atoms with Crippen molar-refractivity contribution in [3.8, 4) is 6.07 Å². The molecule has 0 unspecified atom stereocenters. The number of methoxy groups -OCH3 is 1. The van der Waals surface area contributed by atoms with Crippen LogP contribution in [0.1, 0.15) is 12.8 Å². The highest BCUT2D eigenvalue weighted by Gasteiger charge is 2.28. The van der Waals surface area contributed by atoms with Crippen LogP contribution in [0.3, 0.4) is 0 Å². The van der Waals surface area contributed by atoms with Crippen molar-refractivity contribution in [3.63, 3.8) is 0 Å². The van der Waals surface area contributed by atoms with E-state index in [0.29, 0.717) is 44.0 Å². The van der Waals surface area contributed by atoms with Gasteiger partial charge in [0.15, 0.2) is 0 Å². The molecule has 1 saturated heterocycles. The molecule has 0 spiro atoms. The topological polar surface area (TPSA) is 85.7 Å². The molecule has 0 aliphatic carbocycles. The van der Waals surface area contributed by atoms with E-state index in [-0.39, 0.29) is 5.43 Å². The number of anilines is 2. The molecule has 120 valence electrons. The number of piperazine rings is 1. The maximum atomic E-state index is 11.8. The van der Waals surface area contributed by atoms with Crippen molar-refractivity contribution in [3.05, 3.63) is 20.4 Å². The molecule has 1 heterocycles. The van der Waals surface area contributed by atoms with Gasteiger partial charge in [-0.2, -0.15) is 5.26 Å². The number of hydrogen-bond donors (Lipinski definition) is 1. The van der Waals surface area contributed by atoms with Crippen LogP contribution in [0.5, 0.6) is 0 Å². The van der Waals surface area contributed by atoms with Crippen LogP contribution in [0.4, 0.5) is 11.4 Å². The van der Waals surface area contributed by atoms with Crippen molar-refractivity contribution in [2.75, 3.05) is 63.2 Å². The molecule has 0 bridgehead atoms. The minimum atomic E-state index is -0.417. The number of ether oxygens (including phenoxy) is 1. The average Bonchev–Trinajstić information content (AvgIpc) is 2.56. The van der Waals surface area contributed by atoms with Gasteiger partial charge in [0.05, 0.1) is 6.07 Å². The van der Waals surface area contributed by atoms with Crippen LogP contribution in [0.25, 0.3) is 0 Å². The molecule has 1 aromatic carbocycles. The van der Waals surface area contributed by atoms with Crippen molar-refractivity contribution in [1.82, 2.24) is 4.90 Å². The molecule has 0 radical (unpaired) electrons. The van der Waals surface area contributed by atoms with Crippen LogP contribution >= 0.6 is 0 Å². The molecule has 0 aromatic heterocycles. The Morgan fingerprint density at radius 1 is 1.23 bits per heavy atom. The van der Waals surface area contributed by atoms with Gasteiger partial charge in [0, 0.05) is 59.4 Å². The number of nitriles is 1. The SMILES string of the molecule is COCCCNc1c(N2CCN(CCC#N)CC2)c(=O)c1=O. The monoisotopic (exact) mass is 306 g/mol. The third-order valence-corrected chi connectivity index (χ3v) is 3.94. The summed E-state index contributed by atoms with van der Waals surface area (Å²) in [5.41, 5.74) is 0.174. The van der Waals surface area contributed by atoms with Crippen molar-refractivity contribution in [1.29, 1.82) is 5.26 Å². The van der Waals surface area contributed by atoms with E-state index in [9.17, 15) is 9.59 Å². The predicted molar refractivity (Wildman–Crippen MR) is 85.2 cm³/mol. The first kappa shape index (κ1) is 16.5. The van der Waals surface area contributed by atoms with Crippen molar-refractivity contribution in [2.45, 2.75) is 12.8 Å². The Labute approximate surface area is 129 Å². The molecule has 7 heteroatoms. The standard InChI is InChI=1S/C15H22N4O3/c1-22-11-3-5-17-12-13(15(21)14(12)20)19-9-7-18(8-10-19)6-2-4-16/h17H,2-3,5-11H2,1H3. The molecule has 22 heavy (non-hydrogen) atoms. The van der Waals surface area contributed by atoms with Gasteiger partial charge in [0.25, 0.3) is 10.9 Å². The lowest BCUT2D eigenvalue weighted by atomic mass is 10.1. The van der Waals surface area contributed by atoms with Gasteiger partial charge in [0.1, 0.15) is 11.4 Å². The smallest absolute Gasteiger partial charge is 0.253 e. The molecule has 1 aromatic rings. The van der Waals surface area contributed by atoms with Gasteiger partial charge in [0.2, 0.25) is 0 Å². The van der Waals surface area contributed by atoms with Crippen LogP contribution in [0.2, 0.25) is 0 Å². The summed E-state index contributed by atoms with van der Waals surface area (Å²) in [6.07, 6.45) is 1.31. The summed E-state index contributed by atoms with van der Waals surface area (Å²) in [7, 11) is 1.63. The lowest BCUT2D eigenvalue weighted by Crippen LogP contribution is -2.51. The minimum Gasteiger partial charge on any atom is -0.385 e. The van der Waals surface area contributed by atoms with Crippen LogP contribution in [-0.4, -0.2) is 57.9 Å². The van der Waals surface area contributed by atoms with E-state index >= 15 is 0 Å². The Morgan fingerprint density at radius 3 is 2.59 bits per heavy atom. The Hall–Kier alpha value is -1.91. The lowest BCUT2D eigenvalue weighted by molar-refractivity contribution is 0.198. The predicted octanol–water partition coefficient (Wildman–Crippen LogP) is -0.233. The molecular weight excluding hydrogens is 284 g/mol. The Morgan fingerprint density at radius 2 is 1.95 bits per heavy atom. The fourth-order valence-electron chi connectivity index (χ4n) is 2.68. The second-order valence-electron chi connectivity index (χ2n) is 5.39. The van der Waals surface area contributed by atoms with Crippen LogP contribution < -0.4 is 21.1 Å². The van der Waals surface area contributed by atoms with Crippen LogP contribution in [0, 0.1) is 11.3 Å². The Kier molecular flexibility index (Phi) is 5.92. The molecule has 1 fully saturated rings. The zero-order valence-corrected chi connectivity index (χ0v) is 12.9. The van der Waals surface area contributed by atoms with Gasteiger partial charge in [-0.25, -0.2) is 0 Å². The van der Waals surface area contributed by atoms with Gasteiger partial charge in [-0.05, 0) is 6.42 Å². The van der Waals surface area contributed by atoms with Crippen LogP contribution in [-0.2, 0) is 4.74 Å². The molecule has 1 aliphatic rings. The molecular formula is C15H22N4O3. The minimum absolute atomic E-state index is 0.389. The number of nitrogens with zero attached hydrogens (tertiary/aromatic N) is 3. The normalized spacial score (nSPS) is 15.9. The fraction of sp³-hybridized carbons (Fsp3) is 0.667. The van der Waals surface area contributed by atoms with Gasteiger partial charge in [-0.15, -0.1) is 0 Å². The first-order chi connectivity index (χ1) is 10.7. The van der Waals surface area contributed by atoms with Gasteiger partial charge in [-0.3, -0.25) is 14.5 Å². The summed E-state index contributed by atoms with van der Waals surface area (Å²) in [5.74, 6) is 0. The molecule has 0 atom stereocenters. The summed E-state index contributed by atoms with van der Waals surface area (Å²) < 4.78 is 4.96. The molecule has 0 saturated carbocycles. The number of nitrogens with one attached hydrogen (secondary N) is 1. The number of hydrogen-bond acceptors (Lipinski definition) is 7. The summed E-state index contributed by atoms with van der Waals surface area (Å²) in [5, 5.41) is 11.7. The van der Waals surface area contributed by atoms with Crippen molar-refractivity contribution >= 4 is 11.4 Å². The first-order valence-corrected chi connectivity index (χ1v) is 7.59. The fourth-order valence-corrected chi connectivity index (χ4v) is 2.68. The first-order valence-electron chi connectivity index (χ1n) is 7.59. The zero-order valence-electron chi connectivity index (χ0n) is 12.9. The van der Waals surface area contributed by atoms with Crippen molar-refractivity contribution < 1.29 is 4.74 Å². The third-order valence-electron chi connectivity index (χ3n) is 3.94. The largest absolute Gasteiger partial charge is 0.385 e. The van der Waals surface area contributed by atoms with Gasteiger partial charge >= 0.3 is 0 Å². The van der Waals surface area contributed by atoms with Crippen LogP contribution in [0.15, 0.2) is 9.59 Å². The second kappa shape index (κ2) is 7.92. The molecule has 2 rings (SSSR count). The molecule has 7 nitrogen and oxygen atoms in total. The Balaban J connectivity index is 1.91. The maximum absolute atomic E-state index is 11.8. The van der Waals surface area contributed by atoms with Crippen molar-refractivity contribution in [2.24, 2.45) is 0 Å². The quantitative estimate of drug-likeness (QED) is 0.524. The van der Waals surface area contributed by atoms with Gasteiger partial charge < -0.3 is 15.0 Å². The summed E-state index contributed by atoms with van der Waals surface area (Å²) in [4.78, 5) is 27.7. The maximum Gasteiger partial charge on any atom is 0.253 e.